The van der Waals surface area contributed by atoms with Crippen LogP contribution < -0.4 is 5.73 Å². The van der Waals surface area contributed by atoms with Crippen molar-refractivity contribution in [3.8, 4) is 0 Å². The molecule has 0 bridgehead atoms. The maximum atomic E-state index is 12.7. The zero-order valence-corrected chi connectivity index (χ0v) is 14.8. The average Bonchev–Trinajstić information content (AvgIpc) is 3.28. The van der Waals surface area contributed by atoms with Gasteiger partial charge in [0.1, 0.15) is 10.7 Å². The number of hydrogen-bond acceptors (Lipinski definition) is 4. The van der Waals surface area contributed by atoms with Gasteiger partial charge in [0.25, 0.3) is 5.91 Å². The number of rotatable bonds is 6. The predicted octanol–water partition coefficient (Wildman–Crippen LogP) is 3.39. The Bertz CT molecular complexity index is 652. The van der Waals surface area contributed by atoms with Crippen molar-refractivity contribution in [1.82, 2.24) is 9.88 Å². The summed E-state index contributed by atoms with van der Waals surface area (Å²) in [4.78, 5) is 19.0. The molecule has 4 nitrogen and oxygen atoms in total. The van der Waals surface area contributed by atoms with E-state index >= 15 is 0 Å². The number of thiazole rings is 1. The Morgan fingerprint density at radius 1 is 1.30 bits per heavy atom. The van der Waals surface area contributed by atoms with E-state index < -0.39 is 0 Å². The maximum absolute atomic E-state index is 12.7. The summed E-state index contributed by atoms with van der Waals surface area (Å²) in [5.41, 5.74) is 8.61. The second-order valence-electron chi connectivity index (χ2n) is 5.66. The SMILES string of the molecule is CCc1ccc(CN(C(=O)c2csc(CN)n2)C2CC2)cc1.Cl. The Kier molecular flexibility index (Phi) is 6.16. The van der Waals surface area contributed by atoms with Crippen molar-refractivity contribution in [2.75, 3.05) is 0 Å². The summed E-state index contributed by atoms with van der Waals surface area (Å²) in [7, 11) is 0. The first kappa shape index (κ1) is 17.9. The highest BCUT2D eigenvalue weighted by atomic mass is 35.5. The maximum Gasteiger partial charge on any atom is 0.273 e. The summed E-state index contributed by atoms with van der Waals surface area (Å²) in [5, 5.41) is 2.63. The van der Waals surface area contributed by atoms with Gasteiger partial charge in [0.05, 0.1) is 0 Å². The van der Waals surface area contributed by atoms with Crippen molar-refractivity contribution in [2.24, 2.45) is 5.73 Å². The summed E-state index contributed by atoms with van der Waals surface area (Å²) in [5.74, 6) is 0.0259. The van der Waals surface area contributed by atoms with Crippen LogP contribution in [0.25, 0.3) is 0 Å². The fourth-order valence-corrected chi connectivity index (χ4v) is 3.13. The van der Waals surface area contributed by atoms with Gasteiger partial charge < -0.3 is 10.6 Å². The fourth-order valence-electron chi connectivity index (χ4n) is 2.48. The highest BCUT2D eigenvalue weighted by Gasteiger charge is 2.33. The minimum atomic E-state index is 0. The van der Waals surface area contributed by atoms with E-state index in [-0.39, 0.29) is 18.3 Å². The van der Waals surface area contributed by atoms with Crippen LogP contribution in [-0.2, 0) is 19.5 Å². The molecule has 124 valence electrons. The van der Waals surface area contributed by atoms with Crippen LogP contribution in [0.1, 0.15) is 46.4 Å². The summed E-state index contributed by atoms with van der Waals surface area (Å²) >= 11 is 1.46. The Balaban J connectivity index is 0.00000192. The van der Waals surface area contributed by atoms with Crippen molar-refractivity contribution in [3.63, 3.8) is 0 Å². The minimum absolute atomic E-state index is 0. The zero-order valence-electron chi connectivity index (χ0n) is 13.2. The molecule has 0 atom stereocenters. The second-order valence-corrected chi connectivity index (χ2v) is 6.61. The van der Waals surface area contributed by atoms with Crippen LogP contribution in [-0.4, -0.2) is 21.8 Å². The summed E-state index contributed by atoms with van der Waals surface area (Å²) in [6.45, 7) is 3.19. The van der Waals surface area contributed by atoms with Gasteiger partial charge in [-0.2, -0.15) is 0 Å². The monoisotopic (exact) mass is 351 g/mol. The minimum Gasteiger partial charge on any atom is -0.330 e. The molecule has 3 rings (SSSR count). The summed E-state index contributed by atoms with van der Waals surface area (Å²) in [6, 6.07) is 8.88. The molecular weight excluding hydrogens is 330 g/mol. The first-order valence-corrected chi connectivity index (χ1v) is 8.62. The largest absolute Gasteiger partial charge is 0.330 e. The van der Waals surface area contributed by atoms with E-state index in [2.05, 4.69) is 36.2 Å². The number of aromatic nitrogens is 1. The predicted molar refractivity (Wildman–Crippen MR) is 96.0 cm³/mol. The molecule has 1 saturated carbocycles. The molecule has 0 radical (unpaired) electrons. The normalized spacial score (nSPS) is 13.5. The Labute approximate surface area is 147 Å². The quantitative estimate of drug-likeness (QED) is 0.867. The fraction of sp³-hybridized carbons (Fsp3) is 0.412. The molecule has 1 fully saturated rings. The Hall–Kier alpha value is -1.43. The smallest absolute Gasteiger partial charge is 0.273 e. The van der Waals surface area contributed by atoms with Crippen molar-refractivity contribution in [2.45, 2.75) is 45.3 Å². The molecule has 2 N–H and O–H groups in total. The number of amides is 1. The third-order valence-electron chi connectivity index (χ3n) is 3.98. The topological polar surface area (TPSA) is 59.2 Å². The lowest BCUT2D eigenvalue weighted by Gasteiger charge is -2.21. The molecule has 1 aromatic heterocycles. The van der Waals surface area contributed by atoms with Crippen LogP contribution in [0.5, 0.6) is 0 Å². The number of halogens is 1. The van der Waals surface area contributed by atoms with Crippen LogP contribution in [0.15, 0.2) is 29.6 Å². The molecule has 23 heavy (non-hydrogen) atoms. The molecule has 1 aliphatic rings. The lowest BCUT2D eigenvalue weighted by Crippen LogP contribution is -2.32. The number of benzene rings is 1. The van der Waals surface area contributed by atoms with Crippen molar-refractivity contribution in [3.05, 3.63) is 51.5 Å². The number of carbonyl (C=O) groups is 1. The molecule has 0 aliphatic heterocycles. The molecule has 1 aromatic carbocycles. The van der Waals surface area contributed by atoms with Gasteiger partial charge in [0.2, 0.25) is 0 Å². The van der Waals surface area contributed by atoms with Crippen LogP contribution in [0.3, 0.4) is 0 Å². The van der Waals surface area contributed by atoms with Crippen LogP contribution in [0, 0.1) is 0 Å². The van der Waals surface area contributed by atoms with Crippen LogP contribution in [0.4, 0.5) is 0 Å². The van der Waals surface area contributed by atoms with Gasteiger partial charge in [-0.05, 0) is 30.4 Å². The molecule has 1 heterocycles. The van der Waals surface area contributed by atoms with Crippen molar-refractivity contribution >= 4 is 29.7 Å². The molecule has 1 amide bonds. The lowest BCUT2D eigenvalue weighted by molar-refractivity contribution is 0.0724. The number of nitrogens with two attached hydrogens (primary N) is 1. The van der Waals surface area contributed by atoms with E-state index in [0.717, 1.165) is 24.3 Å². The van der Waals surface area contributed by atoms with E-state index in [1.165, 1.54) is 22.5 Å². The first-order valence-electron chi connectivity index (χ1n) is 7.74. The van der Waals surface area contributed by atoms with Gasteiger partial charge in [-0.15, -0.1) is 23.7 Å². The standard InChI is InChI=1S/C17H21N3OS.ClH/c1-2-12-3-5-13(6-4-12)10-20(14-7-8-14)17(21)15-11-22-16(9-18)19-15;/h3-6,11,14H,2,7-10,18H2,1H3;1H. The van der Waals surface area contributed by atoms with E-state index in [4.69, 9.17) is 5.73 Å². The molecule has 0 unspecified atom stereocenters. The molecule has 2 aromatic rings. The highest BCUT2D eigenvalue weighted by molar-refractivity contribution is 7.09. The second kappa shape index (κ2) is 7.90. The van der Waals surface area contributed by atoms with E-state index in [9.17, 15) is 4.79 Å². The molecule has 6 heteroatoms. The summed E-state index contributed by atoms with van der Waals surface area (Å²) < 4.78 is 0. The summed E-state index contributed by atoms with van der Waals surface area (Å²) in [6.07, 6.45) is 3.21. The third-order valence-corrected chi connectivity index (χ3v) is 4.85. The Morgan fingerprint density at radius 2 is 1.96 bits per heavy atom. The number of carbonyl (C=O) groups excluding carboxylic acids is 1. The highest BCUT2D eigenvalue weighted by Crippen LogP contribution is 2.30. The lowest BCUT2D eigenvalue weighted by atomic mass is 10.1. The van der Waals surface area contributed by atoms with Crippen molar-refractivity contribution in [1.29, 1.82) is 0 Å². The Morgan fingerprint density at radius 3 is 2.48 bits per heavy atom. The van der Waals surface area contributed by atoms with Crippen LogP contribution >= 0.6 is 23.7 Å². The average molecular weight is 352 g/mol. The van der Waals surface area contributed by atoms with Crippen molar-refractivity contribution < 1.29 is 4.79 Å². The molecular formula is C17H22ClN3OS. The van der Waals surface area contributed by atoms with Gasteiger partial charge in [0, 0.05) is 24.5 Å². The molecule has 0 saturated heterocycles. The molecule has 1 aliphatic carbocycles. The number of aryl methyl sites for hydroxylation is 1. The zero-order chi connectivity index (χ0) is 15.5. The van der Waals surface area contributed by atoms with Gasteiger partial charge in [0.15, 0.2) is 0 Å². The third kappa shape index (κ3) is 4.31. The van der Waals surface area contributed by atoms with Gasteiger partial charge >= 0.3 is 0 Å². The van der Waals surface area contributed by atoms with Gasteiger partial charge in [-0.25, -0.2) is 4.98 Å². The molecule has 0 spiro atoms. The first-order chi connectivity index (χ1) is 10.7. The van der Waals surface area contributed by atoms with E-state index in [1.807, 2.05) is 10.3 Å². The number of hydrogen-bond donors (Lipinski definition) is 1. The van der Waals surface area contributed by atoms with Gasteiger partial charge in [-0.1, -0.05) is 31.2 Å². The van der Waals surface area contributed by atoms with E-state index in [1.54, 1.807) is 0 Å². The van der Waals surface area contributed by atoms with Crippen LogP contribution in [0.2, 0.25) is 0 Å². The van der Waals surface area contributed by atoms with Gasteiger partial charge in [-0.3, -0.25) is 4.79 Å². The van der Waals surface area contributed by atoms with E-state index in [0.29, 0.717) is 24.8 Å². The number of nitrogens with zero attached hydrogens (tertiary/aromatic N) is 2.